The summed E-state index contributed by atoms with van der Waals surface area (Å²) in [7, 11) is 0. The number of carbonyl (C=O) groups is 4. The van der Waals surface area contributed by atoms with E-state index in [9.17, 15) is 19.2 Å². The fraction of sp³-hybridized carbons (Fsp3) is 0.375. The summed E-state index contributed by atoms with van der Waals surface area (Å²) in [6, 6.07) is 5.22. The monoisotopic (exact) mass is 351 g/mol. The molecular weight excluding hydrogens is 330 g/mol. The fourth-order valence-electron chi connectivity index (χ4n) is 2.01. The van der Waals surface area contributed by atoms with Crippen molar-refractivity contribution in [3.63, 3.8) is 0 Å². The van der Waals surface area contributed by atoms with Gasteiger partial charge in [-0.25, -0.2) is 4.79 Å². The summed E-state index contributed by atoms with van der Waals surface area (Å²) in [5, 5.41) is 22.3. The van der Waals surface area contributed by atoms with Gasteiger partial charge >= 0.3 is 11.9 Å². The Balaban J connectivity index is 2.92. The molecule has 2 amide bonds. The van der Waals surface area contributed by atoms with E-state index in [0.29, 0.717) is 0 Å². The van der Waals surface area contributed by atoms with Crippen molar-refractivity contribution in [1.82, 2.24) is 10.6 Å². The summed E-state index contributed by atoms with van der Waals surface area (Å²) in [5.41, 5.74) is 6.21. The van der Waals surface area contributed by atoms with Gasteiger partial charge in [-0.1, -0.05) is 30.3 Å². The molecule has 0 unspecified atom stereocenters. The first-order valence-electron chi connectivity index (χ1n) is 7.55. The molecule has 1 rings (SSSR count). The summed E-state index contributed by atoms with van der Waals surface area (Å²) >= 11 is 0. The highest BCUT2D eigenvalue weighted by molar-refractivity contribution is 5.92. The van der Waals surface area contributed by atoms with Crippen LogP contribution < -0.4 is 16.4 Å². The van der Waals surface area contributed by atoms with E-state index < -0.39 is 48.3 Å². The van der Waals surface area contributed by atoms with Crippen molar-refractivity contribution in [1.29, 1.82) is 0 Å². The van der Waals surface area contributed by atoms with Gasteiger partial charge in [-0.3, -0.25) is 14.4 Å². The van der Waals surface area contributed by atoms with Crippen molar-refractivity contribution >= 4 is 23.8 Å². The number of amides is 2. The molecular formula is C16H21N3O6. The maximum absolute atomic E-state index is 12.4. The van der Waals surface area contributed by atoms with Gasteiger partial charge in [0.05, 0.1) is 12.5 Å². The third-order valence-electron chi connectivity index (χ3n) is 3.32. The second-order valence-electron chi connectivity index (χ2n) is 5.54. The molecule has 0 heterocycles. The Hall–Kier alpha value is -2.94. The average Bonchev–Trinajstić information content (AvgIpc) is 2.53. The second-order valence-corrected chi connectivity index (χ2v) is 5.54. The van der Waals surface area contributed by atoms with Crippen molar-refractivity contribution in [2.75, 3.05) is 0 Å². The number of hydrogen-bond acceptors (Lipinski definition) is 5. The molecule has 0 radical (unpaired) electrons. The van der Waals surface area contributed by atoms with E-state index in [1.54, 1.807) is 30.3 Å². The van der Waals surface area contributed by atoms with E-state index >= 15 is 0 Å². The number of carbonyl (C=O) groups excluding carboxylic acids is 2. The van der Waals surface area contributed by atoms with Gasteiger partial charge in [-0.05, 0) is 12.5 Å². The van der Waals surface area contributed by atoms with Crippen LogP contribution in [0.5, 0.6) is 0 Å². The van der Waals surface area contributed by atoms with Crippen LogP contribution in [0.15, 0.2) is 30.3 Å². The molecule has 25 heavy (non-hydrogen) atoms. The van der Waals surface area contributed by atoms with Crippen LogP contribution in [0.1, 0.15) is 18.9 Å². The normalized spacial score (nSPS) is 14.0. The predicted octanol–water partition coefficient (Wildman–Crippen LogP) is -0.895. The van der Waals surface area contributed by atoms with Crippen LogP contribution in [0, 0.1) is 0 Å². The number of carboxylic acids is 2. The number of aliphatic carboxylic acids is 2. The van der Waals surface area contributed by atoms with E-state index in [2.05, 4.69) is 10.6 Å². The number of rotatable bonds is 9. The molecule has 9 nitrogen and oxygen atoms in total. The van der Waals surface area contributed by atoms with Crippen LogP contribution in [-0.2, 0) is 25.6 Å². The summed E-state index contributed by atoms with van der Waals surface area (Å²) in [6.45, 7) is 1.44. The maximum Gasteiger partial charge on any atom is 0.326 e. The number of nitrogens with one attached hydrogen (secondary N) is 2. The SMILES string of the molecule is C[C@H](N)C(=O)N[C@@H](Cc1ccccc1)C(=O)N[C@@H](CC(=O)O)C(=O)O. The molecule has 1 aromatic carbocycles. The predicted molar refractivity (Wildman–Crippen MR) is 87.5 cm³/mol. The minimum Gasteiger partial charge on any atom is -0.481 e. The Bertz CT molecular complexity index is 632. The van der Waals surface area contributed by atoms with Gasteiger partial charge in [0.25, 0.3) is 0 Å². The van der Waals surface area contributed by atoms with Gasteiger partial charge in [0.2, 0.25) is 11.8 Å². The zero-order valence-electron chi connectivity index (χ0n) is 13.6. The van der Waals surface area contributed by atoms with Gasteiger partial charge in [-0.15, -0.1) is 0 Å². The molecule has 0 bridgehead atoms. The fourth-order valence-corrected chi connectivity index (χ4v) is 2.01. The van der Waals surface area contributed by atoms with Gasteiger partial charge in [0, 0.05) is 6.42 Å². The highest BCUT2D eigenvalue weighted by Crippen LogP contribution is 2.05. The molecule has 0 fully saturated rings. The molecule has 0 aliphatic rings. The summed E-state index contributed by atoms with van der Waals surface area (Å²) in [5.74, 6) is -4.23. The lowest BCUT2D eigenvalue weighted by Gasteiger charge is -2.22. The third kappa shape index (κ3) is 7.00. The Morgan fingerprint density at radius 2 is 1.56 bits per heavy atom. The first-order chi connectivity index (χ1) is 11.7. The van der Waals surface area contributed by atoms with Gasteiger partial charge in [0.15, 0.2) is 0 Å². The average molecular weight is 351 g/mol. The zero-order chi connectivity index (χ0) is 19.0. The lowest BCUT2D eigenvalue weighted by atomic mass is 10.0. The first kappa shape index (κ1) is 20.1. The molecule has 136 valence electrons. The Morgan fingerprint density at radius 3 is 2.04 bits per heavy atom. The van der Waals surface area contributed by atoms with E-state index in [1.807, 2.05) is 0 Å². The molecule has 0 aliphatic carbocycles. The lowest BCUT2D eigenvalue weighted by molar-refractivity contribution is -0.147. The summed E-state index contributed by atoms with van der Waals surface area (Å²) < 4.78 is 0. The molecule has 6 N–H and O–H groups in total. The first-order valence-corrected chi connectivity index (χ1v) is 7.55. The van der Waals surface area contributed by atoms with Crippen LogP contribution in [0.25, 0.3) is 0 Å². The Labute approximate surface area is 144 Å². The van der Waals surface area contributed by atoms with E-state index in [4.69, 9.17) is 15.9 Å². The third-order valence-corrected chi connectivity index (χ3v) is 3.32. The zero-order valence-corrected chi connectivity index (χ0v) is 13.6. The molecule has 0 saturated carbocycles. The Morgan fingerprint density at radius 1 is 1.00 bits per heavy atom. The maximum atomic E-state index is 12.4. The van der Waals surface area contributed by atoms with E-state index in [-0.39, 0.29) is 6.42 Å². The largest absolute Gasteiger partial charge is 0.481 e. The van der Waals surface area contributed by atoms with Crippen LogP contribution >= 0.6 is 0 Å². The smallest absolute Gasteiger partial charge is 0.326 e. The number of benzene rings is 1. The molecule has 1 aromatic rings. The summed E-state index contributed by atoms with van der Waals surface area (Å²) in [6.07, 6.45) is -0.676. The molecule has 0 saturated heterocycles. The molecule has 3 atom stereocenters. The van der Waals surface area contributed by atoms with Crippen molar-refractivity contribution in [2.24, 2.45) is 5.73 Å². The minimum absolute atomic E-state index is 0.102. The molecule has 0 aliphatic heterocycles. The van der Waals surface area contributed by atoms with Crippen molar-refractivity contribution in [3.05, 3.63) is 35.9 Å². The van der Waals surface area contributed by atoms with Crippen LogP contribution in [0.4, 0.5) is 0 Å². The highest BCUT2D eigenvalue weighted by Gasteiger charge is 2.28. The number of carboxylic acid groups (broad SMARTS) is 2. The minimum atomic E-state index is -1.60. The van der Waals surface area contributed by atoms with E-state index in [1.165, 1.54) is 6.92 Å². The molecule has 0 aromatic heterocycles. The van der Waals surface area contributed by atoms with Crippen molar-refractivity contribution < 1.29 is 29.4 Å². The summed E-state index contributed by atoms with van der Waals surface area (Å²) in [4.78, 5) is 46.0. The Kier molecular flexibility index (Phi) is 7.54. The van der Waals surface area contributed by atoms with Crippen molar-refractivity contribution in [2.45, 2.75) is 37.9 Å². The van der Waals surface area contributed by atoms with Gasteiger partial charge in [0.1, 0.15) is 12.1 Å². The quantitative estimate of drug-likeness (QED) is 0.386. The van der Waals surface area contributed by atoms with E-state index in [0.717, 1.165) is 5.56 Å². The van der Waals surface area contributed by atoms with Gasteiger partial charge < -0.3 is 26.6 Å². The van der Waals surface area contributed by atoms with Gasteiger partial charge in [-0.2, -0.15) is 0 Å². The molecule has 0 spiro atoms. The highest BCUT2D eigenvalue weighted by atomic mass is 16.4. The standard InChI is InChI=1S/C16H21N3O6/c1-9(17)14(22)18-11(7-10-5-3-2-4-6-10)15(23)19-12(16(24)25)8-13(20)21/h2-6,9,11-12H,7-8,17H2,1H3,(H,18,22)(H,19,23)(H,20,21)(H,24,25)/t9-,11-,12-/m0/s1. The topological polar surface area (TPSA) is 159 Å². The molecule has 9 heteroatoms. The van der Waals surface area contributed by atoms with Crippen LogP contribution in [0.2, 0.25) is 0 Å². The number of hydrogen-bond donors (Lipinski definition) is 5. The number of nitrogens with two attached hydrogens (primary N) is 1. The van der Waals surface area contributed by atoms with Crippen LogP contribution in [-0.4, -0.2) is 52.1 Å². The second kappa shape index (κ2) is 9.38. The van der Waals surface area contributed by atoms with Crippen LogP contribution in [0.3, 0.4) is 0 Å². The lowest BCUT2D eigenvalue weighted by Crippen LogP contribution is -2.55. The van der Waals surface area contributed by atoms with Crippen molar-refractivity contribution in [3.8, 4) is 0 Å².